The zero-order valence-corrected chi connectivity index (χ0v) is 14.8. The number of aromatic nitrogens is 3. The van der Waals surface area contributed by atoms with E-state index in [1.54, 1.807) is 25.4 Å². The number of nitrogens with two attached hydrogens (primary N) is 1. The van der Waals surface area contributed by atoms with Gasteiger partial charge in [0.15, 0.2) is 5.82 Å². The molecule has 3 heterocycles. The fourth-order valence-electron chi connectivity index (χ4n) is 3.10. The second-order valence-electron chi connectivity index (χ2n) is 6.30. The minimum absolute atomic E-state index is 0.181. The van der Waals surface area contributed by atoms with Gasteiger partial charge in [0.1, 0.15) is 6.04 Å². The van der Waals surface area contributed by atoms with Crippen LogP contribution in [0.3, 0.4) is 0 Å². The summed E-state index contributed by atoms with van der Waals surface area (Å²) < 4.78 is 0. The molecule has 0 aromatic carbocycles. The fourth-order valence-corrected chi connectivity index (χ4v) is 3.10. The number of carbonyl (C=O) groups excluding carboxylic acids is 2. The molecule has 0 unspecified atom stereocenters. The van der Waals surface area contributed by atoms with Gasteiger partial charge in [-0.15, -0.1) is 0 Å². The largest absolute Gasteiger partial charge is 0.355 e. The molecule has 0 saturated carbocycles. The molecular formula is C18H22N6O2. The van der Waals surface area contributed by atoms with Crippen molar-refractivity contribution in [2.24, 2.45) is 5.73 Å². The Morgan fingerprint density at radius 3 is 2.85 bits per heavy atom. The summed E-state index contributed by atoms with van der Waals surface area (Å²) in [6.45, 7) is 4.44. The summed E-state index contributed by atoms with van der Waals surface area (Å²) in [6.07, 6.45) is 5.30. The predicted molar refractivity (Wildman–Crippen MR) is 96.1 cm³/mol. The van der Waals surface area contributed by atoms with Gasteiger partial charge in [-0.1, -0.05) is 0 Å². The highest BCUT2D eigenvalue weighted by Crippen LogP contribution is 2.22. The average molecular weight is 354 g/mol. The van der Waals surface area contributed by atoms with E-state index < -0.39 is 6.04 Å². The van der Waals surface area contributed by atoms with Crippen LogP contribution in [-0.4, -0.2) is 56.8 Å². The van der Waals surface area contributed by atoms with Crippen LogP contribution in [0.15, 0.2) is 30.7 Å². The average Bonchev–Trinajstić information content (AvgIpc) is 3.04. The first-order valence-corrected chi connectivity index (χ1v) is 8.59. The van der Waals surface area contributed by atoms with Crippen LogP contribution in [0, 0.1) is 6.92 Å². The van der Waals surface area contributed by atoms with Crippen LogP contribution >= 0.6 is 0 Å². The van der Waals surface area contributed by atoms with Crippen LogP contribution < -0.4 is 11.1 Å². The summed E-state index contributed by atoms with van der Waals surface area (Å²) in [5.74, 6) is 0.0503. The Labute approximate surface area is 151 Å². The molecule has 1 fully saturated rings. The number of rotatable bonds is 4. The first kappa shape index (κ1) is 17.9. The number of nitrogens with zero attached hydrogens (tertiary/aromatic N) is 4. The molecule has 1 aliphatic heterocycles. The van der Waals surface area contributed by atoms with Gasteiger partial charge in [0.05, 0.1) is 11.3 Å². The first-order valence-electron chi connectivity index (χ1n) is 8.59. The number of carbonyl (C=O) groups is 2. The zero-order chi connectivity index (χ0) is 18.7. The minimum Gasteiger partial charge on any atom is -0.355 e. The number of hydrogen-bond donors (Lipinski definition) is 2. The van der Waals surface area contributed by atoms with Gasteiger partial charge in [0, 0.05) is 43.3 Å². The molecule has 2 amide bonds. The second kappa shape index (κ2) is 7.57. The van der Waals surface area contributed by atoms with E-state index in [1.807, 2.05) is 13.0 Å². The molecular weight excluding hydrogens is 332 g/mol. The summed E-state index contributed by atoms with van der Waals surface area (Å²) in [4.78, 5) is 39.5. The maximum atomic E-state index is 13.0. The Bertz CT molecular complexity index is 811. The predicted octanol–water partition coefficient (Wildman–Crippen LogP) is 0.525. The van der Waals surface area contributed by atoms with Crippen LogP contribution in [0.1, 0.15) is 29.4 Å². The van der Waals surface area contributed by atoms with Crippen molar-refractivity contribution < 1.29 is 9.59 Å². The molecule has 2 aromatic rings. The molecule has 1 saturated heterocycles. The summed E-state index contributed by atoms with van der Waals surface area (Å²) in [5, 5.41) is 2.76. The van der Waals surface area contributed by atoms with Gasteiger partial charge in [-0.25, -0.2) is 9.97 Å². The molecule has 1 aliphatic rings. The maximum Gasteiger partial charge on any atom is 0.258 e. The third-order valence-electron chi connectivity index (χ3n) is 4.38. The number of hydrogen-bond acceptors (Lipinski definition) is 6. The van der Waals surface area contributed by atoms with E-state index in [0.29, 0.717) is 36.6 Å². The van der Waals surface area contributed by atoms with E-state index in [-0.39, 0.29) is 17.9 Å². The molecule has 136 valence electrons. The van der Waals surface area contributed by atoms with Crippen molar-refractivity contribution in [1.29, 1.82) is 0 Å². The molecule has 2 atom stereocenters. The highest BCUT2D eigenvalue weighted by molar-refractivity contribution is 5.98. The Hall–Kier alpha value is -2.87. The number of amides is 2. The molecule has 0 spiro atoms. The van der Waals surface area contributed by atoms with Gasteiger partial charge < -0.3 is 16.0 Å². The number of pyridine rings is 1. The standard InChI is InChI=1S/C18H22N6O2/c1-3-21-17(25)15-7-13(19)10-24(15)18(26)14-9-22-16(23-11(14)2)12-5-4-6-20-8-12/h4-6,8-9,13,15H,3,7,10,19H2,1-2H3,(H,21,25)/t13-,15+/m1/s1. The summed E-state index contributed by atoms with van der Waals surface area (Å²) >= 11 is 0. The van der Waals surface area contributed by atoms with E-state index in [9.17, 15) is 9.59 Å². The van der Waals surface area contributed by atoms with Crippen LogP contribution in [0.5, 0.6) is 0 Å². The maximum absolute atomic E-state index is 13.0. The summed E-state index contributed by atoms with van der Waals surface area (Å²) in [6, 6.07) is 2.88. The van der Waals surface area contributed by atoms with Gasteiger partial charge in [-0.2, -0.15) is 0 Å². The minimum atomic E-state index is -0.560. The van der Waals surface area contributed by atoms with E-state index in [4.69, 9.17) is 5.73 Å². The lowest BCUT2D eigenvalue weighted by Gasteiger charge is -2.24. The quantitative estimate of drug-likeness (QED) is 0.827. The van der Waals surface area contributed by atoms with Crippen molar-refractivity contribution in [3.05, 3.63) is 42.0 Å². The van der Waals surface area contributed by atoms with Crippen LogP contribution in [0.25, 0.3) is 11.4 Å². The lowest BCUT2D eigenvalue weighted by Crippen LogP contribution is -2.46. The van der Waals surface area contributed by atoms with Crippen molar-refractivity contribution in [3.63, 3.8) is 0 Å². The summed E-state index contributed by atoms with van der Waals surface area (Å²) in [5.41, 5.74) is 7.70. The van der Waals surface area contributed by atoms with E-state index in [2.05, 4.69) is 20.3 Å². The van der Waals surface area contributed by atoms with Crippen molar-refractivity contribution in [2.75, 3.05) is 13.1 Å². The number of nitrogens with one attached hydrogen (secondary N) is 1. The molecule has 8 nitrogen and oxygen atoms in total. The van der Waals surface area contributed by atoms with E-state index in [1.165, 1.54) is 11.1 Å². The monoisotopic (exact) mass is 354 g/mol. The zero-order valence-electron chi connectivity index (χ0n) is 14.8. The van der Waals surface area contributed by atoms with Crippen LogP contribution in [0.4, 0.5) is 0 Å². The van der Waals surface area contributed by atoms with E-state index in [0.717, 1.165) is 5.56 Å². The third kappa shape index (κ3) is 3.55. The molecule has 0 aliphatic carbocycles. The Morgan fingerprint density at radius 1 is 1.38 bits per heavy atom. The second-order valence-corrected chi connectivity index (χ2v) is 6.30. The summed E-state index contributed by atoms with van der Waals surface area (Å²) in [7, 11) is 0. The smallest absolute Gasteiger partial charge is 0.258 e. The highest BCUT2D eigenvalue weighted by Gasteiger charge is 2.38. The van der Waals surface area contributed by atoms with Gasteiger partial charge in [-0.05, 0) is 32.4 Å². The molecule has 2 aromatic heterocycles. The van der Waals surface area contributed by atoms with Crippen molar-refractivity contribution in [3.8, 4) is 11.4 Å². The van der Waals surface area contributed by atoms with Gasteiger partial charge >= 0.3 is 0 Å². The van der Waals surface area contributed by atoms with Crippen LogP contribution in [0.2, 0.25) is 0 Å². The topological polar surface area (TPSA) is 114 Å². The number of aryl methyl sites for hydroxylation is 1. The molecule has 0 radical (unpaired) electrons. The van der Waals surface area contributed by atoms with Crippen molar-refractivity contribution in [2.45, 2.75) is 32.4 Å². The molecule has 8 heteroatoms. The van der Waals surface area contributed by atoms with Crippen molar-refractivity contribution in [1.82, 2.24) is 25.2 Å². The fraction of sp³-hybridized carbons (Fsp3) is 0.389. The van der Waals surface area contributed by atoms with Crippen LogP contribution in [-0.2, 0) is 4.79 Å². The molecule has 26 heavy (non-hydrogen) atoms. The van der Waals surface area contributed by atoms with Gasteiger partial charge in [0.2, 0.25) is 5.91 Å². The Balaban J connectivity index is 1.86. The van der Waals surface area contributed by atoms with Gasteiger partial charge in [-0.3, -0.25) is 14.6 Å². The molecule has 3 N–H and O–H groups in total. The first-order chi connectivity index (χ1) is 12.5. The number of likely N-dealkylation sites (tertiary alicyclic amines) is 1. The Morgan fingerprint density at radius 2 is 2.19 bits per heavy atom. The SMILES string of the molecule is CCNC(=O)[C@@H]1C[C@@H](N)CN1C(=O)c1cnc(-c2cccnc2)nc1C. The third-order valence-corrected chi connectivity index (χ3v) is 4.38. The lowest BCUT2D eigenvalue weighted by atomic mass is 10.1. The number of likely N-dealkylation sites (N-methyl/N-ethyl adjacent to an activating group) is 1. The highest BCUT2D eigenvalue weighted by atomic mass is 16.2. The van der Waals surface area contributed by atoms with Gasteiger partial charge in [0.25, 0.3) is 5.91 Å². The molecule has 0 bridgehead atoms. The Kier molecular flexibility index (Phi) is 5.22. The normalized spacial score (nSPS) is 19.4. The van der Waals surface area contributed by atoms with Crippen molar-refractivity contribution >= 4 is 11.8 Å². The molecule has 3 rings (SSSR count). The van der Waals surface area contributed by atoms with E-state index >= 15 is 0 Å². The lowest BCUT2D eigenvalue weighted by molar-refractivity contribution is -0.124.